The molecule has 0 spiro atoms. The van der Waals surface area contributed by atoms with Crippen molar-refractivity contribution in [3.63, 3.8) is 0 Å². The van der Waals surface area contributed by atoms with E-state index in [1.807, 2.05) is 30.3 Å². The van der Waals surface area contributed by atoms with E-state index < -0.39 is 20.1 Å². The van der Waals surface area contributed by atoms with Crippen LogP contribution >= 0.6 is 11.6 Å². The summed E-state index contributed by atoms with van der Waals surface area (Å²) in [5, 5.41) is 0.558. The summed E-state index contributed by atoms with van der Waals surface area (Å²) < 4.78 is 53.8. The highest BCUT2D eigenvalue weighted by Crippen LogP contribution is 2.40. The number of rotatable bonds is 5. The van der Waals surface area contributed by atoms with Crippen molar-refractivity contribution in [2.75, 3.05) is 45.3 Å². The lowest BCUT2D eigenvalue weighted by Crippen LogP contribution is -2.49. The third-order valence-electron chi connectivity index (χ3n) is 5.65. The largest absolute Gasteiger partial charge is 0.288 e. The number of nitrogens with zero attached hydrogens (tertiary/aromatic N) is 3. The Bertz CT molecular complexity index is 1270. The Kier molecular flexibility index (Phi) is 6.45. The van der Waals surface area contributed by atoms with Gasteiger partial charge in [0.05, 0.1) is 30.9 Å². The lowest BCUT2D eigenvalue weighted by atomic mass is 9.95. The van der Waals surface area contributed by atoms with Gasteiger partial charge in [-0.1, -0.05) is 23.7 Å². The molecule has 8 nitrogen and oxygen atoms in total. The Labute approximate surface area is 193 Å². The summed E-state index contributed by atoms with van der Waals surface area (Å²) in [4.78, 5) is 6.87. The molecule has 11 heteroatoms. The molecule has 0 bridgehead atoms. The molecule has 0 N–H and O–H groups in total. The van der Waals surface area contributed by atoms with E-state index in [-0.39, 0.29) is 12.6 Å². The van der Waals surface area contributed by atoms with Crippen molar-refractivity contribution >= 4 is 43.4 Å². The summed E-state index contributed by atoms with van der Waals surface area (Å²) >= 11 is 6.28. The molecule has 0 radical (unpaired) electrons. The van der Waals surface area contributed by atoms with Crippen LogP contribution in [0.4, 0.5) is 0 Å². The van der Waals surface area contributed by atoms with Gasteiger partial charge in [0.15, 0.2) is 0 Å². The minimum absolute atomic E-state index is 0.127. The van der Waals surface area contributed by atoms with Crippen molar-refractivity contribution in [3.05, 3.63) is 63.9 Å². The molecule has 2 aliphatic rings. The molecule has 1 saturated heterocycles. The first-order valence-corrected chi connectivity index (χ1v) is 14.1. The molecular formula is C21H24ClN3O5S2. The van der Waals surface area contributed by atoms with Crippen molar-refractivity contribution < 1.29 is 21.0 Å². The molecule has 0 amide bonds. The predicted molar refractivity (Wildman–Crippen MR) is 124 cm³/mol. The minimum Gasteiger partial charge on any atom is -0.288 e. The highest BCUT2D eigenvalue weighted by molar-refractivity contribution is 7.88. The van der Waals surface area contributed by atoms with Gasteiger partial charge in [-0.15, -0.1) is 0 Å². The number of pyridine rings is 1. The number of halogens is 1. The number of fused-ring (bicyclic) bond motifs is 2. The second-order valence-electron chi connectivity index (χ2n) is 7.95. The quantitative estimate of drug-likeness (QED) is 0.584. The Balaban J connectivity index is 1.79. The molecule has 1 aliphatic heterocycles. The molecule has 1 aromatic carbocycles. The SMILES string of the molecule is CS(=O)(=O)OCC1=Cc2cc(Cl)ccc2C(N2CCN(S(C)(=O)=O)CC2)c2ncccc21. The van der Waals surface area contributed by atoms with Gasteiger partial charge in [-0.05, 0) is 41.0 Å². The van der Waals surface area contributed by atoms with Crippen LogP contribution in [-0.2, 0) is 24.3 Å². The van der Waals surface area contributed by atoms with E-state index in [0.717, 1.165) is 28.6 Å². The fourth-order valence-corrected chi connectivity index (χ4v) is 5.54. The Morgan fingerprint density at radius 2 is 1.81 bits per heavy atom. The van der Waals surface area contributed by atoms with Gasteiger partial charge in [-0.2, -0.15) is 12.7 Å². The maximum atomic E-state index is 12.0. The maximum Gasteiger partial charge on any atom is 0.264 e. The second kappa shape index (κ2) is 8.85. The van der Waals surface area contributed by atoms with E-state index in [0.29, 0.717) is 36.8 Å². The average molecular weight is 498 g/mol. The zero-order valence-corrected chi connectivity index (χ0v) is 20.1. The fraction of sp³-hybridized carbons (Fsp3) is 0.381. The zero-order chi connectivity index (χ0) is 23.1. The van der Waals surface area contributed by atoms with Gasteiger partial charge in [-0.3, -0.25) is 14.1 Å². The molecule has 1 aromatic heterocycles. The average Bonchev–Trinajstić information content (AvgIpc) is 2.85. The lowest BCUT2D eigenvalue weighted by Gasteiger charge is -2.38. The summed E-state index contributed by atoms with van der Waals surface area (Å²) in [6.07, 6.45) is 5.83. The van der Waals surface area contributed by atoms with Gasteiger partial charge in [0.25, 0.3) is 10.1 Å². The van der Waals surface area contributed by atoms with E-state index in [9.17, 15) is 16.8 Å². The number of hydrogen-bond donors (Lipinski definition) is 0. The van der Waals surface area contributed by atoms with Crippen LogP contribution < -0.4 is 0 Å². The highest BCUT2D eigenvalue weighted by atomic mass is 35.5. The lowest BCUT2D eigenvalue weighted by molar-refractivity contribution is 0.154. The van der Waals surface area contributed by atoms with Gasteiger partial charge in [0.1, 0.15) is 0 Å². The molecule has 172 valence electrons. The first kappa shape index (κ1) is 23.3. The standard InChI is InChI=1S/C21H24ClN3O5S2/c1-31(26,27)25-10-8-24(9-11-25)21-19-6-5-17(22)13-15(19)12-16(14-30-32(2,28)29)18-4-3-7-23-20(18)21/h3-7,12-13,21H,8-11,14H2,1-2H3. The number of benzene rings is 1. The minimum atomic E-state index is -3.64. The van der Waals surface area contributed by atoms with Crippen molar-refractivity contribution in [3.8, 4) is 0 Å². The topological polar surface area (TPSA) is 96.9 Å². The molecule has 1 fully saturated rings. The Morgan fingerprint density at radius 3 is 2.47 bits per heavy atom. The van der Waals surface area contributed by atoms with E-state index in [1.54, 1.807) is 12.3 Å². The van der Waals surface area contributed by atoms with E-state index >= 15 is 0 Å². The van der Waals surface area contributed by atoms with Gasteiger partial charge in [0, 0.05) is 43.0 Å². The second-order valence-corrected chi connectivity index (χ2v) is 12.0. The monoisotopic (exact) mass is 497 g/mol. The molecule has 2 heterocycles. The highest BCUT2D eigenvalue weighted by Gasteiger charge is 2.34. The zero-order valence-electron chi connectivity index (χ0n) is 17.7. The van der Waals surface area contributed by atoms with Crippen LogP contribution in [0.5, 0.6) is 0 Å². The molecule has 4 rings (SSSR count). The normalized spacial score (nSPS) is 20.2. The summed E-state index contributed by atoms with van der Waals surface area (Å²) in [5.74, 6) is 0. The third-order valence-corrected chi connectivity index (χ3v) is 7.74. The summed E-state index contributed by atoms with van der Waals surface area (Å²) in [7, 11) is -6.89. The Morgan fingerprint density at radius 1 is 1.09 bits per heavy atom. The van der Waals surface area contributed by atoms with Crippen LogP contribution in [-0.4, -0.2) is 76.3 Å². The maximum absolute atomic E-state index is 12.0. The third kappa shape index (κ3) is 5.05. The number of sulfonamides is 1. The van der Waals surface area contributed by atoms with Gasteiger partial charge < -0.3 is 0 Å². The molecule has 1 unspecified atom stereocenters. The number of piperazine rings is 1. The van der Waals surface area contributed by atoms with Crippen molar-refractivity contribution in [1.82, 2.24) is 14.2 Å². The molecule has 32 heavy (non-hydrogen) atoms. The summed E-state index contributed by atoms with van der Waals surface area (Å²) in [6, 6.07) is 9.05. The first-order chi connectivity index (χ1) is 15.0. The van der Waals surface area contributed by atoms with Gasteiger partial charge in [0.2, 0.25) is 10.0 Å². The van der Waals surface area contributed by atoms with E-state index in [4.69, 9.17) is 15.8 Å². The molecule has 1 aliphatic carbocycles. The van der Waals surface area contributed by atoms with Crippen molar-refractivity contribution in [1.29, 1.82) is 0 Å². The van der Waals surface area contributed by atoms with Crippen LogP contribution in [0.15, 0.2) is 36.5 Å². The molecule has 2 aromatic rings. The number of aromatic nitrogens is 1. The van der Waals surface area contributed by atoms with Crippen molar-refractivity contribution in [2.24, 2.45) is 0 Å². The first-order valence-electron chi connectivity index (χ1n) is 10.0. The summed E-state index contributed by atoms with van der Waals surface area (Å²) in [5.41, 5.74) is 4.05. The van der Waals surface area contributed by atoms with Crippen LogP contribution in [0.1, 0.15) is 28.4 Å². The van der Waals surface area contributed by atoms with Crippen LogP contribution in [0, 0.1) is 0 Å². The molecule has 1 atom stereocenters. The van der Waals surface area contributed by atoms with Gasteiger partial charge >= 0.3 is 0 Å². The fourth-order valence-electron chi connectivity index (χ4n) is 4.19. The van der Waals surface area contributed by atoms with E-state index in [2.05, 4.69) is 9.88 Å². The number of hydrogen-bond acceptors (Lipinski definition) is 7. The Hall–Kier alpha value is -1.82. The molecular weight excluding hydrogens is 474 g/mol. The predicted octanol–water partition coefficient (Wildman–Crippen LogP) is 2.23. The molecule has 0 saturated carbocycles. The van der Waals surface area contributed by atoms with Crippen LogP contribution in [0.3, 0.4) is 0 Å². The van der Waals surface area contributed by atoms with Crippen molar-refractivity contribution in [2.45, 2.75) is 6.04 Å². The summed E-state index contributed by atoms with van der Waals surface area (Å²) in [6.45, 7) is 1.71. The smallest absolute Gasteiger partial charge is 0.264 e. The van der Waals surface area contributed by atoms with E-state index in [1.165, 1.54) is 10.6 Å². The van der Waals surface area contributed by atoms with Crippen LogP contribution in [0.2, 0.25) is 5.02 Å². The van der Waals surface area contributed by atoms with Gasteiger partial charge in [-0.25, -0.2) is 8.42 Å². The van der Waals surface area contributed by atoms with Crippen LogP contribution in [0.25, 0.3) is 11.6 Å².